The zero-order valence-corrected chi connectivity index (χ0v) is 10.6. The normalized spacial score (nSPS) is 12.2. The Morgan fingerprint density at radius 2 is 1.71 bits per heavy atom. The third kappa shape index (κ3) is 4.79. The van der Waals surface area contributed by atoms with E-state index < -0.39 is 11.6 Å². The molecule has 0 amide bonds. The summed E-state index contributed by atoms with van der Waals surface area (Å²) in [5, 5.41) is 0. The first kappa shape index (κ1) is 14.1. The van der Waals surface area contributed by atoms with Crippen LogP contribution in [0.3, 0.4) is 0 Å². The minimum atomic E-state index is -0.536. The summed E-state index contributed by atoms with van der Waals surface area (Å²) >= 11 is 0. The SMILES string of the molecule is CN(Cc1cc(F)cc(F)c1)CC(C)(C)CN. The molecule has 0 spiro atoms. The molecule has 0 heterocycles. The molecule has 0 bridgehead atoms. The number of rotatable bonds is 5. The molecule has 2 N–H and O–H groups in total. The summed E-state index contributed by atoms with van der Waals surface area (Å²) in [5.41, 5.74) is 6.29. The van der Waals surface area contributed by atoms with Crippen LogP contribution in [0.15, 0.2) is 18.2 Å². The molecule has 0 unspecified atom stereocenters. The molecule has 96 valence electrons. The molecule has 1 aromatic rings. The molecule has 1 rings (SSSR count). The van der Waals surface area contributed by atoms with E-state index in [0.717, 1.165) is 12.6 Å². The Bertz CT molecular complexity index is 357. The molecule has 4 heteroatoms. The number of nitrogens with zero attached hydrogens (tertiary/aromatic N) is 1. The van der Waals surface area contributed by atoms with Gasteiger partial charge in [0, 0.05) is 19.2 Å². The fourth-order valence-electron chi connectivity index (χ4n) is 1.87. The van der Waals surface area contributed by atoms with Gasteiger partial charge in [-0.3, -0.25) is 0 Å². The standard InChI is InChI=1S/C13H20F2N2/c1-13(2,8-16)9-17(3)7-10-4-11(14)6-12(15)5-10/h4-6H,7-9,16H2,1-3H3. The summed E-state index contributed by atoms with van der Waals surface area (Å²) in [5.74, 6) is -1.07. The lowest BCUT2D eigenvalue weighted by Crippen LogP contribution is -2.36. The van der Waals surface area contributed by atoms with Crippen LogP contribution < -0.4 is 5.73 Å². The van der Waals surface area contributed by atoms with E-state index in [0.29, 0.717) is 18.7 Å². The summed E-state index contributed by atoms with van der Waals surface area (Å²) in [6.07, 6.45) is 0. The number of halogens is 2. The molecule has 1 aromatic carbocycles. The molecular weight excluding hydrogens is 222 g/mol. The van der Waals surface area contributed by atoms with E-state index in [1.54, 1.807) is 0 Å². The number of hydrogen-bond donors (Lipinski definition) is 1. The lowest BCUT2D eigenvalue weighted by Gasteiger charge is -2.29. The number of nitrogens with two attached hydrogens (primary N) is 1. The van der Waals surface area contributed by atoms with Crippen molar-refractivity contribution in [3.63, 3.8) is 0 Å². The highest BCUT2D eigenvalue weighted by Gasteiger charge is 2.18. The van der Waals surface area contributed by atoms with E-state index >= 15 is 0 Å². The molecule has 0 atom stereocenters. The fraction of sp³-hybridized carbons (Fsp3) is 0.538. The second-order valence-corrected chi connectivity index (χ2v) is 5.32. The molecule has 0 aliphatic rings. The Morgan fingerprint density at radius 3 is 2.18 bits per heavy atom. The minimum Gasteiger partial charge on any atom is -0.330 e. The van der Waals surface area contributed by atoms with E-state index in [9.17, 15) is 8.78 Å². The van der Waals surface area contributed by atoms with Gasteiger partial charge in [0.25, 0.3) is 0 Å². The molecule has 0 radical (unpaired) electrons. The van der Waals surface area contributed by atoms with Gasteiger partial charge in [-0.05, 0) is 36.7 Å². The molecule has 0 saturated carbocycles. The number of benzene rings is 1. The van der Waals surface area contributed by atoms with E-state index in [1.165, 1.54) is 12.1 Å². The largest absolute Gasteiger partial charge is 0.330 e. The van der Waals surface area contributed by atoms with Gasteiger partial charge >= 0.3 is 0 Å². The van der Waals surface area contributed by atoms with Crippen LogP contribution in [-0.2, 0) is 6.54 Å². The van der Waals surface area contributed by atoms with Gasteiger partial charge in [0.1, 0.15) is 11.6 Å². The Morgan fingerprint density at radius 1 is 1.18 bits per heavy atom. The zero-order chi connectivity index (χ0) is 13.1. The molecule has 0 aliphatic carbocycles. The lowest BCUT2D eigenvalue weighted by atomic mass is 9.93. The van der Waals surface area contributed by atoms with Crippen LogP contribution in [0.2, 0.25) is 0 Å². The summed E-state index contributed by atoms with van der Waals surface area (Å²) in [7, 11) is 1.92. The third-order valence-corrected chi connectivity index (χ3v) is 2.63. The Labute approximate surface area is 101 Å². The predicted molar refractivity (Wildman–Crippen MR) is 65.5 cm³/mol. The van der Waals surface area contributed by atoms with E-state index in [1.807, 2.05) is 11.9 Å². The van der Waals surface area contributed by atoms with Gasteiger partial charge < -0.3 is 10.6 Å². The second kappa shape index (κ2) is 5.56. The maximum Gasteiger partial charge on any atom is 0.126 e. The Kier molecular flexibility index (Phi) is 4.60. The molecule has 0 aromatic heterocycles. The summed E-state index contributed by atoms with van der Waals surface area (Å²) < 4.78 is 26.0. The van der Waals surface area contributed by atoms with Gasteiger partial charge in [0.15, 0.2) is 0 Å². The quantitative estimate of drug-likeness (QED) is 0.859. The fourth-order valence-corrected chi connectivity index (χ4v) is 1.87. The van der Waals surface area contributed by atoms with Crippen LogP contribution in [-0.4, -0.2) is 25.0 Å². The summed E-state index contributed by atoms with van der Waals surface area (Å²) in [4.78, 5) is 2.01. The van der Waals surface area contributed by atoms with Crippen LogP contribution in [0.4, 0.5) is 8.78 Å². The first-order valence-electron chi connectivity index (χ1n) is 5.66. The van der Waals surface area contributed by atoms with Crippen molar-refractivity contribution < 1.29 is 8.78 Å². The average Bonchev–Trinajstić information content (AvgIpc) is 2.14. The van der Waals surface area contributed by atoms with Crippen LogP contribution >= 0.6 is 0 Å². The van der Waals surface area contributed by atoms with E-state index in [2.05, 4.69) is 13.8 Å². The van der Waals surface area contributed by atoms with Gasteiger partial charge in [0.2, 0.25) is 0 Å². The van der Waals surface area contributed by atoms with Crippen molar-refractivity contribution in [1.29, 1.82) is 0 Å². The highest BCUT2D eigenvalue weighted by Crippen LogP contribution is 2.16. The highest BCUT2D eigenvalue weighted by molar-refractivity contribution is 5.17. The van der Waals surface area contributed by atoms with Gasteiger partial charge in [-0.2, -0.15) is 0 Å². The Balaban J connectivity index is 2.65. The van der Waals surface area contributed by atoms with Crippen molar-refractivity contribution in [3.8, 4) is 0 Å². The Hall–Kier alpha value is -1.00. The molecular formula is C13H20F2N2. The van der Waals surface area contributed by atoms with Gasteiger partial charge in [-0.25, -0.2) is 8.78 Å². The zero-order valence-electron chi connectivity index (χ0n) is 10.6. The van der Waals surface area contributed by atoms with Crippen molar-refractivity contribution in [2.75, 3.05) is 20.1 Å². The number of hydrogen-bond acceptors (Lipinski definition) is 2. The minimum absolute atomic E-state index is 0.000615. The van der Waals surface area contributed by atoms with Crippen LogP contribution in [0, 0.1) is 17.0 Å². The van der Waals surface area contributed by atoms with Gasteiger partial charge in [0.05, 0.1) is 0 Å². The van der Waals surface area contributed by atoms with Crippen molar-refractivity contribution in [1.82, 2.24) is 4.90 Å². The van der Waals surface area contributed by atoms with Gasteiger partial charge in [-0.1, -0.05) is 13.8 Å². The van der Waals surface area contributed by atoms with Crippen molar-refractivity contribution in [2.24, 2.45) is 11.1 Å². The van der Waals surface area contributed by atoms with Crippen LogP contribution in [0.1, 0.15) is 19.4 Å². The molecule has 0 aliphatic heterocycles. The van der Waals surface area contributed by atoms with Crippen molar-refractivity contribution in [2.45, 2.75) is 20.4 Å². The van der Waals surface area contributed by atoms with Gasteiger partial charge in [-0.15, -0.1) is 0 Å². The summed E-state index contributed by atoms with van der Waals surface area (Å²) in [6.45, 7) is 6.00. The topological polar surface area (TPSA) is 29.3 Å². The average molecular weight is 242 g/mol. The monoisotopic (exact) mass is 242 g/mol. The van der Waals surface area contributed by atoms with E-state index in [-0.39, 0.29) is 5.41 Å². The van der Waals surface area contributed by atoms with E-state index in [4.69, 9.17) is 5.73 Å². The first-order chi connectivity index (χ1) is 7.82. The van der Waals surface area contributed by atoms with Crippen molar-refractivity contribution >= 4 is 0 Å². The second-order valence-electron chi connectivity index (χ2n) is 5.32. The third-order valence-electron chi connectivity index (χ3n) is 2.63. The first-order valence-corrected chi connectivity index (χ1v) is 5.66. The smallest absolute Gasteiger partial charge is 0.126 e. The van der Waals surface area contributed by atoms with Crippen LogP contribution in [0.25, 0.3) is 0 Å². The molecule has 0 saturated heterocycles. The van der Waals surface area contributed by atoms with Crippen molar-refractivity contribution in [3.05, 3.63) is 35.4 Å². The van der Waals surface area contributed by atoms with Crippen LogP contribution in [0.5, 0.6) is 0 Å². The maximum absolute atomic E-state index is 13.0. The molecule has 17 heavy (non-hydrogen) atoms. The molecule has 2 nitrogen and oxygen atoms in total. The lowest BCUT2D eigenvalue weighted by molar-refractivity contribution is 0.209. The predicted octanol–water partition coefficient (Wildman–Crippen LogP) is 2.38. The highest BCUT2D eigenvalue weighted by atomic mass is 19.1. The summed E-state index contributed by atoms with van der Waals surface area (Å²) in [6, 6.07) is 3.59. The molecule has 0 fully saturated rings. The maximum atomic E-state index is 13.0.